The molecule has 0 spiro atoms. The van der Waals surface area contributed by atoms with E-state index in [1.807, 2.05) is 12.1 Å². The monoisotopic (exact) mass is 348 g/mol. The summed E-state index contributed by atoms with van der Waals surface area (Å²) in [6.45, 7) is 4.36. The van der Waals surface area contributed by atoms with Gasteiger partial charge in [-0.1, -0.05) is 11.6 Å². The number of methoxy groups -OCH3 is 1. The molecule has 130 valence electrons. The van der Waals surface area contributed by atoms with Gasteiger partial charge in [0.05, 0.1) is 23.2 Å². The van der Waals surface area contributed by atoms with Gasteiger partial charge >= 0.3 is 0 Å². The van der Waals surface area contributed by atoms with E-state index in [0.717, 1.165) is 43.6 Å². The van der Waals surface area contributed by atoms with Gasteiger partial charge < -0.3 is 19.5 Å². The molecule has 4 rings (SSSR count). The molecule has 1 N–H and O–H groups in total. The number of benzene rings is 1. The third-order valence-corrected chi connectivity index (χ3v) is 5.76. The minimum atomic E-state index is 0.488. The Kier molecular flexibility index (Phi) is 4.41. The number of hydrogen-bond acceptors (Lipinski definition) is 4. The Labute approximate surface area is 147 Å². The zero-order valence-corrected chi connectivity index (χ0v) is 15.1. The fourth-order valence-electron chi connectivity index (χ4n) is 4.07. The van der Waals surface area contributed by atoms with Crippen LogP contribution in [-0.4, -0.2) is 54.8 Å². The third-order valence-electron chi connectivity index (χ3n) is 5.47. The Morgan fingerprint density at radius 2 is 2.04 bits per heavy atom. The molecule has 1 aromatic carbocycles. The smallest absolute Gasteiger partial charge is 0.139 e. The molecule has 0 aliphatic carbocycles. The second kappa shape index (κ2) is 6.54. The largest absolute Gasteiger partial charge is 0.495 e. The van der Waals surface area contributed by atoms with Crippen LogP contribution >= 0.6 is 11.6 Å². The van der Waals surface area contributed by atoms with Crippen molar-refractivity contribution < 1.29 is 4.74 Å². The Morgan fingerprint density at radius 1 is 1.25 bits per heavy atom. The molecule has 2 aromatic rings. The number of likely N-dealkylation sites (tertiary alicyclic amines) is 1. The number of halogens is 1. The van der Waals surface area contributed by atoms with Gasteiger partial charge in [0.1, 0.15) is 11.6 Å². The number of nitrogens with one attached hydrogen (secondary N) is 1. The Bertz CT molecular complexity index is 730. The predicted octanol–water partition coefficient (Wildman–Crippen LogP) is 3.04. The van der Waals surface area contributed by atoms with Crippen molar-refractivity contribution in [2.75, 3.05) is 40.3 Å². The first-order valence-electron chi connectivity index (χ1n) is 8.82. The van der Waals surface area contributed by atoms with Gasteiger partial charge in [0, 0.05) is 24.6 Å². The summed E-state index contributed by atoms with van der Waals surface area (Å²) in [5, 5.41) is 4.14. The average Bonchev–Trinajstić information content (AvgIpc) is 3.22. The number of piperidine rings is 1. The molecule has 2 fully saturated rings. The zero-order valence-electron chi connectivity index (χ0n) is 14.4. The topological polar surface area (TPSA) is 42.3 Å². The standard InChI is InChI=1S/C18H25ClN4O/c1-22-7-4-13(5-8-22)23-16-9-14(19)17(24-2)10-15(16)21-18(23)12-3-6-20-11-12/h9-10,12-13,20H,3-8,11H2,1-2H3. The van der Waals surface area contributed by atoms with Crippen LogP contribution in [0.1, 0.15) is 37.0 Å². The predicted molar refractivity (Wildman–Crippen MR) is 97.3 cm³/mol. The van der Waals surface area contributed by atoms with Gasteiger partial charge in [0.15, 0.2) is 0 Å². The van der Waals surface area contributed by atoms with Gasteiger partial charge in [-0.3, -0.25) is 0 Å². The van der Waals surface area contributed by atoms with Crippen molar-refractivity contribution in [3.63, 3.8) is 0 Å². The molecule has 0 amide bonds. The lowest BCUT2D eigenvalue weighted by molar-refractivity contribution is 0.220. The molecule has 1 unspecified atom stereocenters. The molecule has 0 radical (unpaired) electrons. The van der Waals surface area contributed by atoms with E-state index >= 15 is 0 Å². The van der Waals surface area contributed by atoms with E-state index in [1.54, 1.807) is 7.11 Å². The van der Waals surface area contributed by atoms with Crippen LogP contribution in [0.5, 0.6) is 5.75 Å². The number of imidazole rings is 1. The van der Waals surface area contributed by atoms with Crippen LogP contribution in [0, 0.1) is 0 Å². The minimum Gasteiger partial charge on any atom is -0.495 e. The maximum absolute atomic E-state index is 6.42. The molecule has 3 heterocycles. The van der Waals surface area contributed by atoms with Crippen LogP contribution < -0.4 is 10.1 Å². The highest BCUT2D eigenvalue weighted by atomic mass is 35.5. The second-order valence-electron chi connectivity index (χ2n) is 7.04. The molecule has 2 saturated heterocycles. The highest BCUT2D eigenvalue weighted by molar-refractivity contribution is 6.32. The van der Waals surface area contributed by atoms with Gasteiger partial charge in [0.25, 0.3) is 0 Å². The molecular formula is C18H25ClN4O. The Morgan fingerprint density at radius 3 is 2.71 bits per heavy atom. The fourth-order valence-corrected chi connectivity index (χ4v) is 4.31. The molecule has 6 heteroatoms. The number of aromatic nitrogens is 2. The van der Waals surface area contributed by atoms with E-state index in [1.165, 1.54) is 18.7 Å². The number of ether oxygens (including phenoxy) is 1. The van der Waals surface area contributed by atoms with Crippen molar-refractivity contribution in [2.24, 2.45) is 0 Å². The van der Waals surface area contributed by atoms with Gasteiger partial charge in [-0.25, -0.2) is 4.98 Å². The van der Waals surface area contributed by atoms with E-state index in [2.05, 4.69) is 21.8 Å². The van der Waals surface area contributed by atoms with Gasteiger partial charge in [-0.05, 0) is 52.0 Å². The van der Waals surface area contributed by atoms with Crippen LogP contribution in [0.2, 0.25) is 5.02 Å². The normalized spacial score (nSPS) is 23.2. The summed E-state index contributed by atoms with van der Waals surface area (Å²) >= 11 is 6.42. The summed E-state index contributed by atoms with van der Waals surface area (Å²) in [7, 11) is 3.86. The molecule has 1 aromatic heterocycles. The Balaban J connectivity index is 1.83. The molecule has 2 aliphatic heterocycles. The third kappa shape index (κ3) is 2.79. The quantitative estimate of drug-likeness (QED) is 0.925. The number of fused-ring (bicyclic) bond motifs is 1. The van der Waals surface area contributed by atoms with Crippen LogP contribution in [-0.2, 0) is 0 Å². The minimum absolute atomic E-state index is 0.488. The van der Waals surface area contributed by atoms with Crippen molar-refractivity contribution in [1.29, 1.82) is 0 Å². The van der Waals surface area contributed by atoms with E-state index in [9.17, 15) is 0 Å². The van der Waals surface area contributed by atoms with Crippen LogP contribution in [0.25, 0.3) is 11.0 Å². The lowest BCUT2D eigenvalue weighted by Crippen LogP contribution is -2.32. The lowest BCUT2D eigenvalue weighted by atomic mass is 10.0. The second-order valence-corrected chi connectivity index (χ2v) is 7.45. The fraction of sp³-hybridized carbons (Fsp3) is 0.611. The van der Waals surface area contributed by atoms with Crippen molar-refractivity contribution >= 4 is 22.6 Å². The Hall–Kier alpha value is -1.30. The first-order chi connectivity index (χ1) is 11.7. The summed E-state index contributed by atoms with van der Waals surface area (Å²) in [4.78, 5) is 7.41. The molecule has 5 nitrogen and oxygen atoms in total. The lowest BCUT2D eigenvalue weighted by Gasteiger charge is -2.32. The van der Waals surface area contributed by atoms with Crippen LogP contribution in [0.4, 0.5) is 0 Å². The van der Waals surface area contributed by atoms with E-state index < -0.39 is 0 Å². The SMILES string of the molecule is COc1cc2nc(C3CCNC3)n(C3CCN(C)CC3)c2cc1Cl. The zero-order chi connectivity index (χ0) is 16.7. The summed E-state index contributed by atoms with van der Waals surface area (Å²) < 4.78 is 7.86. The molecule has 0 saturated carbocycles. The van der Waals surface area contributed by atoms with E-state index in [-0.39, 0.29) is 0 Å². The summed E-state index contributed by atoms with van der Waals surface area (Å²) in [6, 6.07) is 4.52. The van der Waals surface area contributed by atoms with Gasteiger partial charge in [-0.2, -0.15) is 0 Å². The van der Waals surface area contributed by atoms with Gasteiger partial charge in [0.2, 0.25) is 0 Å². The molecule has 0 bridgehead atoms. The van der Waals surface area contributed by atoms with Crippen LogP contribution in [0.3, 0.4) is 0 Å². The van der Waals surface area contributed by atoms with Gasteiger partial charge in [-0.15, -0.1) is 0 Å². The van der Waals surface area contributed by atoms with Crippen molar-refractivity contribution in [3.8, 4) is 5.75 Å². The average molecular weight is 349 g/mol. The maximum atomic E-state index is 6.42. The van der Waals surface area contributed by atoms with Crippen LogP contribution in [0.15, 0.2) is 12.1 Å². The van der Waals surface area contributed by atoms with Crippen molar-refractivity contribution in [3.05, 3.63) is 23.0 Å². The number of nitrogens with zero attached hydrogens (tertiary/aromatic N) is 3. The van der Waals surface area contributed by atoms with Crippen molar-refractivity contribution in [1.82, 2.24) is 19.8 Å². The maximum Gasteiger partial charge on any atom is 0.139 e. The first-order valence-corrected chi connectivity index (χ1v) is 9.20. The highest BCUT2D eigenvalue weighted by Crippen LogP contribution is 2.37. The molecule has 2 aliphatic rings. The summed E-state index contributed by atoms with van der Waals surface area (Å²) in [5.41, 5.74) is 2.15. The molecule has 1 atom stereocenters. The molecular weight excluding hydrogens is 324 g/mol. The molecule has 24 heavy (non-hydrogen) atoms. The summed E-state index contributed by atoms with van der Waals surface area (Å²) in [5.74, 6) is 2.41. The van der Waals surface area contributed by atoms with E-state index in [4.69, 9.17) is 21.3 Å². The number of hydrogen-bond donors (Lipinski definition) is 1. The highest BCUT2D eigenvalue weighted by Gasteiger charge is 2.29. The van der Waals surface area contributed by atoms with E-state index in [0.29, 0.717) is 22.7 Å². The first kappa shape index (κ1) is 16.2. The summed E-state index contributed by atoms with van der Waals surface area (Å²) in [6.07, 6.45) is 3.48. The van der Waals surface area contributed by atoms with Crippen molar-refractivity contribution in [2.45, 2.75) is 31.2 Å². The number of rotatable bonds is 3.